The van der Waals surface area contributed by atoms with Gasteiger partial charge in [0.2, 0.25) is 5.91 Å². The number of nitrogens with one attached hydrogen (secondary N) is 2. The zero-order valence-corrected chi connectivity index (χ0v) is 30.1. The molecule has 9 nitrogen and oxygen atoms in total. The van der Waals surface area contributed by atoms with Gasteiger partial charge in [-0.25, -0.2) is 19.6 Å². The lowest BCUT2D eigenvalue weighted by Crippen LogP contribution is -2.52. The molecule has 2 saturated carbocycles. The van der Waals surface area contributed by atoms with E-state index in [1.807, 2.05) is 67.0 Å². The van der Waals surface area contributed by atoms with Gasteiger partial charge in [0.25, 0.3) is 0 Å². The number of hydrogen-bond donors (Lipinski definition) is 2. The first-order valence-corrected chi connectivity index (χ1v) is 17.9. The Bertz CT molecular complexity index is 1810. The van der Waals surface area contributed by atoms with Gasteiger partial charge in [-0.05, 0) is 92.9 Å². The fourth-order valence-electron chi connectivity index (χ4n) is 7.64. The average molecular weight is 689 g/mol. The number of amides is 2. The molecule has 1 aromatic heterocycles. The maximum absolute atomic E-state index is 13.4. The summed E-state index contributed by atoms with van der Waals surface area (Å²) in [7, 11) is 0. The number of aromatic nitrogens is 2. The summed E-state index contributed by atoms with van der Waals surface area (Å²) in [6.07, 6.45) is 8.42. The topological polar surface area (TPSA) is 120 Å². The predicted molar refractivity (Wildman–Crippen MR) is 196 cm³/mol. The Labute approximate surface area is 300 Å². The summed E-state index contributed by atoms with van der Waals surface area (Å²) >= 11 is 0. The van der Waals surface area contributed by atoms with Gasteiger partial charge in [-0.1, -0.05) is 85.8 Å². The third-order valence-electron chi connectivity index (χ3n) is 10.5. The number of benzene rings is 3. The van der Waals surface area contributed by atoms with Crippen LogP contribution in [0.2, 0.25) is 0 Å². The minimum Gasteiger partial charge on any atom is -0.458 e. The summed E-state index contributed by atoms with van der Waals surface area (Å²) in [5.41, 5.74) is 5.58. The monoisotopic (exact) mass is 688 g/mol. The number of carbonyl (C=O) groups is 3. The molecule has 1 unspecified atom stereocenters. The van der Waals surface area contributed by atoms with Crippen molar-refractivity contribution in [3.63, 3.8) is 0 Å². The Morgan fingerprint density at radius 1 is 0.824 bits per heavy atom. The quantitative estimate of drug-likeness (QED) is 0.156. The van der Waals surface area contributed by atoms with E-state index >= 15 is 0 Å². The van der Waals surface area contributed by atoms with Crippen molar-refractivity contribution in [1.82, 2.24) is 20.6 Å². The van der Waals surface area contributed by atoms with Crippen molar-refractivity contribution < 1.29 is 23.9 Å². The van der Waals surface area contributed by atoms with Gasteiger partial charge in [0.05, 0.1) is 0 Å². The zero-order valence-electron chi connectivity index (χ0n) is 30.1. The van der Waals surface area contributed by atoms with Crippen molar-refractivity contribution in [2.24, 2.45) is 11.8 Å². The summed E-state index contributed by atoms with van der Waals surface area (Å²) in [6, 6.07) is 23.8. The van der Waals surface area contributed by atoms with Crippen molar-refractivity contribution in [2.75, 3.05) is 0 Å². The first-order valence-electron chi connectivity index (χ1n) is 17.9. The van der Waals surface area contributed by atoms with Gasteiger partial charge >= 0.3 is 12.1 Å². The van der Waals surface area contributed by atoms with Crippen LogP contribution in [-0.2, 0) is 37.5 Å². The van der Waals surface area contributed by atoms with Gasteiger partial charge in [0.1, 0.15) is 24.3 Å². The molecular weight excluding hydrogens is 640 g/mol. The van der Waals surface area contributed by atoms with Gasteiger partial charge in [0, 0.05) is 29.9 Å². The molecule has 2 bridgehead atoms. The molecule has 2 fully saturated rings. The standard InChI is InChI=1S/C42H48N4O5/c1-27-31-19-21-42(27,22-20-31)35-17-15-32(16-18-35)34-24-43-37(44-25-34)33-13-11-29(12-14-33)23-36(38(47)45-28(2)39(48)51-41(3,4)5)46-40(49)50-26-30-9-7-6-8-10-30/h6-18,24-25,27-28,31,36H,19-23,26H2,1-5H3,(H,45,47)(H,46,49)/t27?,28-,31?,36+,42?/m1/s1. The highest BCUT2D eigenvalue weighted by Gasteiger charge is 2.51. The van der Waals surface area contributed by atoms with Gasteiger partial charge in [-0.3, -0.25) is 4.79 Å². The minimum absolute atomic E-state index is 0.0501. The summed E-state index contributed by atoms with van der Waals surface area (Å²) in [5, 5.41) is 5.35. The molecule has 266 valence electrons. The minimum atomic E-state index is -1.02. The molecule has 4 aromatic rings. The molecule has 1 heterocycles. The number of ether oxygens (including phenoxy) is 2. The van der Waals surface area contributed by atoms with E-state index in [-0.39, 0.29) is 13.0 Å². The molecule has 2 aliphatic rings. The molecule has 0 spiro atoms. The van der Waals surface area contributed by atoms with Crippen LogP contribution < -0.4 is 10.6 Å². The second-order valence-electron chi connectivity index (χ2n) is 15.1. The number of fused-ring (bicyclic) bond motifs is 2. The van der Waals surface area contributed by atoms with E-state index in [2.05, 4.69) is 51.8 Å². The molecule has 0 saturated heterocycles. The number of esters is 1. The zero-order chi connectivity index (χ0) is 36.2. The summed E-state index contributed by atoms with van der Waals surface area (Å²) in [4.78, 5) is 48.1. The lowest BCUT2D eigenvalue weighted by atomic mass is 9.73. The molecule has 51 heavy (non-hydrogen) atoms. The smallest absolute Gasteiger partial charge is 0.408 e. The van der Waals surface area contributed by atoms with Crippen LogP contribution in [-0.4, -0.2) is 45.6 Å². The first kappa shape index (κ1) is 35.8. The van der Waals surface area contributed by atoms with E-state index in [0.717, 1.165) is 39.7 Å². The molecule has 0 radical (unpaired) electrons. The van der Waals surface area contributed by atoms with E-state index in [4.69, 9.17) is 9.47 Å². The van der Waals surface area contributed by atoms with Crippen molar-refractivity contribution in [3.8, 4) is 22.5 Å². The molecule has 3 atom stereocenters. The average Bonchev–Trinajstić information content (AvgIpc) is 3.62. The number of alkyl carbamates (subject to hydrolysis) is 1. The van der Waals surface area contributed by atoms with Crippen LogP contribution in [0.1, 0.15) is 77.0 Å². The Morgan fingerprint density at radius 3 is 2.04 bits per heavy atom. The van der Waals surface area contributed by atoms with E-state index < -0.39 is 35.7 Å². The van der Waals surface area contributed by atoms with E-state index in [1.54, 1.807) is 27.7 Å². The highest BCUT2D eigenvalue weighted by molar-refractivity contribution is 5.89. The third-order valence-corrected chi connectivity index (χ3v) is 10.5. The molecule has 2 amide bonds. The van der Waals surface area contributed by atoms with Crippen molar-refractivity contribution in [3.05, 3.63) is 108 Å². The molecule has 2 N–H and O–H groups in total. The largest absolute Gasteiger partial charge is 0.458 e. The van der Waals surface area contributed by atoms with Gasteiger partial charge in [-0.2, -0.15) is 0 Å². The van der Waals surface area contributed by atoms with Crippen LogP contribution >= 0.6 is 0 Å². The molecule has 2 aliphatic carbocycles. The van der Waals surface area contributed by atoms with E-state index in [9.17, 15) is 14.4 Å². The first-order chi connectivity index (χ1) is 24.4. The number of nitrogens with zero attached hydrogens (tertiary/aromatic N) is 2. The van der Waals surface area contributed by atoms with Crippen molar-refractivity contribution in [2.45, 2.75) is 96.4 Å². The Hall–Kier alpha value is -5.05. The summed E-state index contributed by atoms with van der Waals surface area (Å²) in [5.74, 6) is 1.11. The number of carbonyl (C=O) groups excluding carboxylic acids is 3. The maximum atomic E-state index is 13.4. The van der Waals surface area contributed by atoms with Crippen molar-refractivity contribution in [1.29, 1.82) is 0 Å². The Balaban J connectivity index is 1.11. The van der Waals surface area contributed by atoms with Crippen LogP contribution in [0.5, 0.6) is 0 Å². The SMILES string of the molecule is CC1C2CCC1(c1ccc(-c3cnc(-c4ccc(C[C@H](NC(=O)OCc5ccccc5)C(=O)N[C@H](C)C(=O)OC(C)(C)C)cc4)nc3)cc1)CC2. The number of hydrogen-bond acceptors (Lipinski definition) is 7. The highest BCUT2D eigenvalue weighted by atomic mass is 16.6. The third kappa shape index (κ3) is 8.47. The summed E-state index contributed by atoms with van der Waals surface area (Å²) < 4.78 is 10.8. The fourth-order valence-corrected chi connectivity index (χ4v) is 7.64. The normalized spacial score (nSPS) is 20.6. The Morgan fingerprint density at radius 2 is 1.45 bits per heavy atom. The number of rotatable bonds is 11. The lowest BCUT2D eigenvalue weighted by Gasteiger charge is -2.31. The van der Waals surface area contributed by atoms with E-state index in [0.29, 0.717) is 11.2 Å². The molecule has 9 heteroatoms. The van der Waals surface area contributed by atoms with Gasteiger partial charge in [-0.15, -0.1) is 0 Å². The van der Waals surface area contributed by atoms with Crippen molar-refractivity contribution >= 4 is 18.0 Å². The van der Waals surface area contributed by atoms with Gasteiger partial charge in [0.15, 0.2) is 5.82 Å². The second kappa shape index (κ2) is 15.1. The lowest BCUT2D eigenvalue weighted by molar-refractivity contribution is -0.158. The van der Waals surface area contributed by atoms with Crippen LogP contribution in [0.3, 0.4) is 0 Å². The second-order valence-corrected chi connectivity index (χ2v) is 15.1. The molecule has 6 rings (SSSR count). The van der Waals surface area contributed by atoms with Crippen LogP contribution in [0, 0.1) is 11.8 Å². The molecule has 3 aromatic carbocycles. The molecular formula is C42H48N4O5. The van der Waals surface area contributed by atoms with Gasteiger partial charge < -0.3 is 20.1 Å². The predicted octanol–water partition coefficient (Wildman–Crippen LogP) is 7.57. The van der Waals surface area contributed by atoms with Crippen LogP contribution in [0.25, 0.3) is 22.5 Å². The van der Waals surface area contributed by atoms with E-state index in [1.165, 1.54) is 31.2 Å². The molecule has 0 aliphatic heterocycles. The maximum Gasteiger partial charge on any atom is 0.408 e. The summed E-state index contributed by atoms with van der Waals surface area (Å²) in [6.45, 7) is 9.30. The Kier molecular flexibility index (Phi) is 10.6. The highest BCUT2D eigenvalue weighted by Crippen LogP contribution is 2.59. The van der Waals surface area contributed by atoms with Crippen LogP contribution in [0.15, 0.2) is 91.3 Å². The van der Waals surface area contributed by atoms with Crippen LogP contribution in [0.4, 0.5) is 4.79 Å². The fraction of sp³-hybridized carbons (Fsp3) is 0.405.